The van der Waals surface area contributed by atoms with Gasteiger partial charge in [-0.15, -0.1) is 0 Å². The Bertz CT molecular complexity index is 578. The summed E-state index contributed by atoms with van der Waals surface area (Å²) in [5.41, 5.74) is 8.05. The van der Waals surface area contributed by atoms with Crippen LogP contribution in [0, 0.1) is 5.92 Å². The third kappa shape index (κ3) is 2.58. The molecule has 3 rings (SSSR count). The summed E-state index contributed by atoms with van der Waals surface area (Å²) in [6, 6.07) is 8.30. The van der Waals surface area contributed by atoms with Crippen LogP contribution in [0.3, 0.4) is 0 Å². The molecule has 1 aromatic carbocycles. The number of hydrogen-bond acceptors (Lipinski definition) is 3. The van der Waals surface area contributed by atoms with E-state index in [-0.39, 0.29) is 0 Å². The molecule has 4 heteroatoms. The van der Waals surface area contributed by atoms with Gasteiger partial charge in [-0.3, -0.25) is 4.68 Å². The maximum Gasteiger partial charge on any atom is 0.0960 e. The Balaban J connectivity index is 1.73. The minimum absolute atomic E-state index is 0.300. The maximum absolute atomic E-state index is 6.14. The Morgan fingerprint density at radius 1 is 1.30 bits per heavy atom. The van der Waals surface area contributed by atoms with E-state index >= 15 is 0 Å². The average molecular weight is 273 g/mol. The van der Waals surface area contributed by atoms with E-state index in [1.54, 1.807) is 0 Å². The van der Waals surface area contributed by atoms with Gasteiger partial charge in [0.15, 0.2) is 0 Å². The molecule has 1 saturated carbocycles. The zero-order valence-corrected chi connectivity index (χ0v) is 12.1. The van der Waals surface area contributed by atoms with Gasteiger partial charge >= 0.3 is 0 Å². The van der Waals surface area contributed by atoms with Crippen molar-refractivity contribution in [3.63, 3.8) is 0 Å². The standard InChI is InChI=1S/C16H23N3O/c1-19-15-8-4-3-7-13(15)14(18-19)11-20-16-9-5-2-6-12(16)10-17/h3-4,7-8,12,16H,2,5-6,9-11,17H2,1H3. The largest absolute Gasteiger partial charge is 0.371 e. The van der Waals surface area contributed by atoms with Crippen LogP contribution < -0.4 is 5.73 Å². The van der Waals surface area contributed by atoms with Crippen molar-refractivity contribution in [1.82, 2.24) is 9.78 Å². The molecule has 20 heavy (non-hydrogen) atoms. The van der Waals surface area contributed by atoms with Crippen molar-refractivity contribution in [2.24, 2.45) is 18.7 Å². The summed E-state index contributed by atoms with van der Waals surface area (Å²) < 4.78 is 8.06. The van der Waals surface area contributed by atoms with Crippen LogP contribution in [0.4, 0.5) is 0 Å². The Hall–Kier alpha value is -1.39. The van der Waals surface area contributed by atoms with Crippen molar-refractivity contribution in [3.8, 4) is 0 Å². The van der Waals surface area contributed by atoms with Crippen molar-refractivity contribution in [2.75, 3.05) is 6.54 Å². The minimum atomic E-state index is 0.300. The van der Waals surface area contributed by atoms with E-state index in [1.807, 2.05) is 17.8 Å². The summed E-state index contributed by atoms with van der Waals surface area (Å²) in [7, 11) is 1.98. The molecule has 0 radical (unpaired) electrons. The highest BCUT2D eigenvalue weighted by Crippen LogP contribution is 2.27. The summed E-state index contributed by atoms with van der Waals surface area (Å²) in [5, 5.41) is 5.78. The first-order valence-electron chi connectivity index (χ1n) is 7.52. The van der Waals surface area contributed by atoms with E-state index in [0.717, 1.165) is 24.2 Å². The van der Waals surface area contributed by atoms with Crippen molar-refractivity contribution >= 4 is 10.9 Å². The van der Waals surface area contributed by atoms with Crippen molar-refractivity contribution in [3.05, 3.63) is 30.0 Å². The van der Waals surface area contributed by atoms with E-state index in [9.17, 15) is 0 Å². The average Bonchev–Trinajstić information content (AvgIpc) is 2.82. The number of benzene rings is 1. The van der Waals surface area contributed by atoms with E-state index in [1.165, 1.54) is 24.6 Å². The molecule has 2 unspecified atom stereocenters. The zero-order valence-electron chi connectivity index (χ0n) is 12.1. The number of hydrogen-bond donors (Lipinski definition) is 1. The maximum atomic E-state index is 6.14. The van der Waals surface area contributed by atoms with Gasteiger partial charge in [-0.25, -0.2) is 0 Å². The van der Waals surface area contributed by atoms with E-state index in [2.05, 4.69) is 23.3 Å². The molecule has 1 aromatic heterocycles. The van der Waals surface area contributed by atoms with Crippen LogP contribution in [0.1, 0.15) is 31.4 Å². The lowest BCUT2D eigenvalue weighted by Gasteiger charge is -2.30. The van der Waals surface area contributed by atoms with Gasteiger partial charge in [0, 0.05) is 12.4 Å². The number of aromatic nitrogens is 2. The van der Waals surface area contributed by atoms with Gasteiger partial charge in [0.2, 0.25) is 0 Å². The van der Waals surface area contributed by atoms with E-state index in [4.69, 9.17) is 10.5 Å². The minimum Gasteiger partial charge on any atom is -0.371 e. The van der Waals surface area contributed by atoms with Crippen LogP contribution in [0.2, 0.25) is 0 Å². The lowest BCUT2D eigenvalue weighted by atomic mass is 9.86. The van der Waals surface area contributed by atoms with Gasteiger partial charge < -0.3 is 10.5 Å². The molecule has 1 aliphatic carbocycles. The first kappa shape index (κ1) is 13.6. The molecule has 0 spiro atoms. The SMILES string of the molecule is Cn1nc(COC2CCCCC2CN)c2ccccc21. The third-order valence-electron chi connectivity index (χ3n) is 4.41. The van der Waals surface area contributed by atoms with Gasteiger partial charge in [-0.05, 0) is 31.4 Å². The molecular weight excluding hydrogens is 250 g/mol. The van der Waals surface area contributed by atoms with Crippen LogP contribution in [0.5, 0.6) is 0 Å². The summed E-state index contributed by atoms with van der Waals surface area (Å²) in [6.45, 7) is 1.32. The van der Waals surface area contributed by atoms with Crippen LogP contribution in [0.25, 0.3) is 10.9 Å². The molecule has 108 valence electrons. The molecule has 0 saturated heterocycles. The van der Waals surface area contributed by atoms with Crippen molar-refractivity contribution in [1.29, 1.82) is 0 Å². The number of ether oxygens (including phenoxy) is 1. The third-order valence-corrected chi connectivity index (χ3v) is 4.41. The fourth-order valence-electron chi connectivity index (χ4n) is 3.24. The second-order valence-electron chi connectivity index (χ2n) is 5.72. The van der Waals surface area contributed by atoms with Crippen LogP contribution in [0.15, 0.2) is 24.3 Å². The Labute approximate surface area is 119 Å². The summed E-state index contributed by atoms with van der Waals surface area (Å²) >= 11 is 0. The number of rotatable bonds is 4. The topological polar surface area (TPSA) is 53.1 Å². The molecule has 0 bridgehead atoms. The Kier molecular flexibility index (Phi) is 4.03. The van der Waals surface area contributed by atoms with Gasteiger partial charge in [0.05, 0.1) is 23.9 Å². The highest BCUT2D eigenvalue weighted by molar-refractivity contribution is 5.81. The van der Waals surface area contributed by atoms with Gasteiger partial charge in [-0.2, -0.15) is 5.10 Å². The summed E-state index contributed by atoms with van der Waals surface area (Å²) in [5.74, 6) is 0.513. The first-order chi connectivity index (χ1) is 9.79. The molecule has 2 aromatic rings. The normalized spacial score (nSPS) is 23.3. The quantitative estimate of drug-likeness (QED) is 0.931. The Morgan fingerprint density at radius 3 is 2.95 bits per heavy atom. The zero-order chi connectivity index (χ0) is 13.9. The number of para-hydroxylation sites is 1. The molecule has 0 aliphatic heterocycles. The molecule has 2 atom stereocenters. The summed E-state index contributed by atoms with van der Waals surface area (Å²) in [6.07, 6.45) is 5.17. The second kappa shape index (κ2) is 5.94. The predicted octanol–water partition coefficient (Wildman–Crippen LogP) is 2.61. The van der Waals surface area contributed by atoms with Crippen LogP contribution >= 0.6 is 0 Å². The molecule has 1 fully saturated rings. The molecule has 1 heterocycles. The molecule has 4 nitrogen and oxygen atoms in total. The monoisotopic (exact) mass is 273 g/mol. The highest BCUT2D eigenvalue weighted by atomic mass is 16.5. The second-order valence-corrected chi connectivity index (χ2v) is 5.72. The smallest absolute Gasteiger partial charge is 0.0960 e. The Morgan fingerprint density at radius 2 is 2.10 bits per heavy atom. The van der Waals surface area contributed by atoms with E-state index < -0.39 is 0 Å². The fraction of sp³-hybridized carbons (Fsp3) is 0.562. The van der Waals surface area contributed by atoms with E-state index in [0.29, 0.717) is 18.6 Å². The number of nitrogens with zero attached hydrogens (tertiary/aromatic N) is 2. The van der Waals surface area contributed by atoms with Crippen molar-refractivity contribution in [2.45, 2.75) is 38.4 Å². The van der Waals surface area contributed by atoms with Crippen LogP contribution in [-0.4, -0.2) is 22.4 Å². The first-order valence-corrected chi connectivity index (χ1v) is 7.52. The van der Waals surface area contributed by atoms with Crippen LogP contribution in [-0.2, 0) is 18.4 Å². The van der Waals surface area contributed by atoms with Gasteiger partial charge in [0.1, 0.15) is 0 Å². The molecule has 2 N–H and O–H groups in total. The fourth-order valence-corrected chi connectivity index (χ4v) is 3.24. The van der Waals surface area contributed by atoms with Gasteiger partial charge in [-0.1, -0.05) is 31.0 Å². The number of aryl methyl sites for hydroxylation is 1. The number of fused-ring (bicyclic) bond motifs is 1. The molecular formula is C16H23N3O. The highest BCUT2D eigenvalue weighted by Gasteiger charge is 2.25. The predicted molar refractivity (Wildman–Crippen MR) is 80.3 cm³/mol. The lowest BCUT2D eigenvalue weighted by molar-refractivity contribution is -0.0193. The lowest BCUT2D eigenvalue weighted by Crippen LogP contribution is -2.33. The number of nitrogens with two attached hydrogens (primary N) is 1. The molecule has 1 aliphatic rings. The van der Waals surface area contributed by atoms with Crippen molar-refractivity contribution < 1.29 is 4.74 Å². The summed E-state index contributed by atoms with van der Waals surface area (Å²) in [4.78, 5) is 0. The molecule has 0 amide bonds. The van der Waals surface area contributed by atoms with Gasteiger partial charge in [0.25, 0.3) is 0 Å².